The molecule has 2 amide bonds. The second kappa shape index (κ2) is 12.7. The highest BCUT2D eigenvalue weighted by Crippen LogP contribution is 2.50. The number of ether oxygens (including phenoxy) is 2. The number of nitrogens with zero attached hydrogens (tertiary/aromatic N) is 3. The predicted molar refractivity (Wildman–Crippen MR) is 148 cm³/mol. The molecule has 5 rings (SSSR count). The number of benzene rings is 1. The van der Waals surface area contributed by atoms with Gasteiger partial charge in [0.2, 0.25) is 0 Å². The van der Waals surface area contributed by atoms with Crippen molar-refractivity contribution in [1.82, 2.24) is 20.3 Å². The minimum atomic E-state index is -0.601. The van der Waals surface area contributed by atoms with Crippen molar-refractivity contribution in [2.75, 3.05) is 30.9 Å². The van der Waals surface area contributed by atoms with E-state index in [-0.39, 0.29) is 11.0 Å². The molecule has 1 atom stereocenters. The lowest BCUT2D eigenvalue weighted by Crippen LogP contribution is -2.19. The van der Waals surface area contributed by atoms with Gasteiger partial charge in [0, 0.05) is 63.0 Å². The molecule has 1 aliphatic rings. The van der Waals surface area contributed by atoms with Crippen molar-refractivity contribution >= 4 is 29.2 Å². The van der Waals surface area contributed by atoms with E-state index in [1.54, 1.807) is 55.5 Å². The second-order valence-electron chi connectivity index (χ2n) is 8.72. The summed E-state index contributed by atoms with van der Waals surface area (Å²) in [7, 11) is 1.68. The maximum absolute atomic E-state index is 14.9. The van der Waals surface area contributed by atoms with Crippen molar-refractivity contribution in [2.45, 2.75) is 23.1 Å². The van der Waals surface area contributed by atoms with Gasteiger partial charge >= 0.3 is 6.03 Å². The van der Waals surface area contributed by atoms with Crippen LogP contribution in [0.4, 0.5) is 20.6 Å². The van der Waals surface area contributed by atoms with E-state index in [4.69, 9.17) is 9.47 Å². The van der Waals surface area contributed by atoms with Gasteiger partial charge in [-0.15, -0.1) is 11.8 Å². The molecule has 1 aliphatic heterocycles. The summed E-state index contributed by atoms with van der Waals surface area (Å²) in [5, 5.41) is 8.64. The van der Waals surface area contributed by atoms with Crippen LogP contribution in [0.25, 0.3) is 0 Å². The highest BCUT2D eigenvalue weighted by atomic mass is 32.2. The molecular formula is C28H27FN6O3S. The molecule has 0 radical (unpaired) electrons. The van der Waals surface area contributed by atoms with Crippen molar-refractivity contribution < 1.29 is 18.7 Å². The predicted octanol–water partition coefficient (Wildman–Crippen LogP) is 5.57. The Balaban J connectivity index is 1.21. The van der Waals surface area contributed by atoms with Gasteiger partial charge in [0.15, 0.2) is 11.6 Å². The Labute approximate surface area is 229 Å². The molecule has 0 saturated carbocycles. The van der Waals surface area contributed by atoms with Crippen LogP contribution in [-0.2, 0) is 17.7 Å². The van der Waals surface area contributed by atoms with Gasteiger partial charge in [-0.2, -0.15) is 0 Å². The molecule has 3 aromatic heterocycles. The number of carbonyl (C=O) groups excluding carboxylic acids is 1. The number of nitrogens with one attached hydrogen (secondary N) is 3. The zero-order chi connectivity index (χ0) is 27.0. The third-order valence-electron chi connectivity index (χ3n) is 5.90. The lowest BCUT2D eigenvalue weighted by Gasteiger charge is -2.12. The van der Waals surface area contributed by atoms with Gasteiger partial charge < -0.3 is 25.4 Å². The maximum Gasteiger partial charge on any atom is 0.323 e. The quantitative estimate of drug-likeness (QED) is 0.221. The highest BCUT2D eigenvalue weighted by Gasteiger charge is 2.29. The summed E-state index contributed by atoms with van der Waals surface area (Å²) in [6.45, 7) is 2.17. The first-order valence-corrected chi connectivity index (χ1v) is 13.2. The normalized spacial score (nSPS) is 14.1. The molecule has 0 fully saturated rings. The number of hydrogen-bond donors (Lipinski definition) is 3. The molecule has 200 valence electrons. The minimum Gasteiger partial charge on any atom is -0.453 e. The van der Waals surface area contributed by atoms with E-state index >= 15 is 0 Å². The third-order valence-corrected chi connectivity index (χ3v) is 7.26. The Morgan fingerprint density at radius 3 is 2.72 bits per heavy atom. The van der Waals surface area contributed by atoms with E-state index in [9.17, 15) is 9.18 Å². The number of amides is 2. The summed E-state index contributed by atoms with van der Waals surface area (Å²) in [4.78, 5) is 26.2. The molecule has 9 nitrogen and oxygen atoms in total. The molecule has 3 N–H and O–H groups in total. The van der Waals surface area contributed by atoms with Gasteiger partial charge in [-0.25, -0.2) is 9.18 Å². The van der Waals surface area contributed by atoms with Crippen LogP contribution in [0, 0.1) is 5.82 Å². The van der Waals surface area contributed by atoms with Crippen molar-refractivity contribution in [2.24, 2.45) is 0 Å². The Morgan fingerprint density at radius 2 is 1.95 bits per heavy atom. The molecule has 11 heteroatoms. The van der Waals surface area contributed by atoms with Crippen molar-refractivity contribution in [3.63, 3.8) is 0 Å². The van der Waals surface area contributed by atoms with Crippen molar-refractivity contribution in [3.05, 3.63) is 96.1 Å². The average molecular weight is 547 g/mol. The van der Waals surface area contributed by atoms with Crippen LogP contribution < -0.4 is 20.7 Å². The Morgan fingerprint density at radius 1 is 1.05 bits per heavy atom. The monoisotopic (exact) mass is 546 g/mol. The molecule has 0 aliphatic carbocycles. The van der Waals surface area contributed by atoms with E-state index in [0.29, 0.717) is 30.2 Å². The van der Waals surface area contributed by atoms with Crippen LogP contribution >= 0.6 is 11.8 Å². The number of aromatic nitrogens is 3. The summed E-state index contributed by atoms with van der Waals surface area (Å²) in [5.41, 5.74) is 3.76. The lowest BCUT2D eigenvalue weighted by atomic mass is 10.1. The van der Waals surface area contributed by atoms with E-state index in [1.807, 2.05) is 12.3 Å². The number of halogens is 1. The topological polar surface area (TPSA) is 110 Å². The fourth-order valence-corrected chi connectivity index (χ4v) is 5.28. The molecule has 4 heterocycles. The molecule has 4 aromatic rings. The fraction of sp³-hybridized carbons (Fsp3) is 0.214. The van der Waals surface area contributed by atoms with E-state index in [1.165, 1.54) is 18.3 Å². The van der Waals surface area contributed by atoms with Crippen LogP contribution in [-0.4, -0.2) is 41.2 Å². The standard InChI is InChI=1S/C28H27FN6O3S/c1-37-12-11-31-15-18-4-6-22(33-16-18)26-14-23-27(39-26)25(8-10-32-23)38-24-7-5-19(13-21(24)29)34-28(36)35-20-3-2-9-30-17-20/h2-10,13,16-17,26,31H,11-12,14-15H2,1H3,(H2,34,35,36). The zero-order valence-electron chi connectivity index (χ0n) is 21.2. The number of rotatable bonds is 10. The largest absolute Gasteiger partial charge is 0.453 e. The van der Waals surface area contributed by atoms with Crippen LogP contribution in [0.3, 0.4) is 0 Å². The minimum absolute atomic E-state index is 0.0501. The summed E-state index contributed by atoms with van der Waals surface area (Å²) in [6, 6.07) is 13.0. The van der Waals surface area contributed by atoms with Gasteiger partial charge in [0.05, 0.1) is 40.0 Å². The molecule has 39 heavy (non-hydrogen) atoms. The number of thioether (sulfide) groups is 1. The average Bonchev–Trinajstić information content (AvgIpc) is 3.39. The molecule has 0 spiro atoms. The number of fused-ring (bicyclic) bond motifs is 1. The first-order chi connectivity index (χ1) is 19.1. The summed E-state index contributed by atoms with van der Waals surface area (Å²) in [6.07, 6.45) is 7.36. The van der Waals surface area contributed by atoms with Crippen molar-refractivity contribution in [3.8, 4) is 11.5 Å². The number of urea groups is 1. The number of methoxy groups -OCH3 is 1. The molecule has 1 unspecified atom stereocenters. The first-order valence-electron chi connectivity index (χ1n) is 12.3. The zero-order valence-corrected chi connectivity index (χ0v) is 22.0. The van der Waals surface area contributed by atoms with Gasteiger partial charge in [-0.1, -0.05) is 6.07 Å². The SMILES string of the molecule is COCCNCc1ccc(C2Cc3nccc(Oc4ccc(NC(=O)Nc5cccnc5)cc4F)c3S2)nc1. The number of anilines is 2. The van der Waals surface area contributed by atoms with E-state index in [2.05, 4.69) is 37.0 Å². The van der Waals surface area contributed by atoms with Crippen LogP contribution in [0.5, 0.6) is 11.5 Å². The van der Waals surface area contributed by atoms with Gasteiger partial charge in [-0.05, 0) is 35.9 Å². The first kappa shape index (κ1) is 26.5. The highest BCUT2D eigenvalue weighted by molar-refractivity contribution is 8.00. The Kier molecular flexibility index (Phi) is 8.61. The number of pyridine rings is 3. The van der Waals surface area contributed by atoms with E-state index in [0.717, 1.165) is 34.9 Å². The molecule has 1 aromatic carbocycles. The Hall–Kier alpha value is -4.06. The fourth-order valence-electron chi connectivity index (χ4n) is 4.00. The van der Waals surface area contributed by atoms with Crippen LogP contribution in [0.2, 0.25) is 0 Å². The van der Waals surface area contributed by atoms with Crippen LogP contribution in [0.15, 0.2) is 78.2 Å². The smallest absolute Gasteiger partial charge is 0.323 e. The molecular weight excluding hydrogens is 519 g/mol. The molecule has 0 saturated heterocycles. The summed E-state index contributed by atoms with van der Waals surface area (Å²) < 4.78 is 25.9. The summed E-state index contributed by atoms with van der Waals surface area (Å²) >= 11 is 1.61. The Bertz CT molecular complexity index is 1420. The van der Waals surface area contributed by atoms with Gasteiger partial charge in [0.25, 0.3) is 0 Å². The lowest BCUT2D eigenvalue weighted by molar-refractivity contribution is 0.199. The van der Waals surface area contributed by atoms with E-state index < -0.39 is 11.8 Å². The van der Waals surface area contributed by atoms with Crippen molar-refractivity contribution in [1.29, 1.82) is 0 Å². The van der Waals surface area contributed by atoms with Crippen LogP contribution in [0.1, 0.15) is 22.2 Å². The summed E-state index contributed by atoms with van der Waals surface area (Å²) in [5.74, 6) is -0.0230. The maximum atomic E-state index is 14.9. The van der Waals surface area contributed by atoms with Gasteiger partial charge in [0.1, 0.15) is 5.75 Å². The third kappa shape index (κ3) is 6.88. The molecule has 0 bridgehead atoms. The van der Waals surface area contributed by atoms with Gasteiger partial charge in [-0.3, -0.25) is 15.0 Å². The number of carbonyl (C=O) groups is 1. The number of hydrogen-bond acceptors (Lipinski definition) is 8. The second-order valence-corrected chi connectivity index (χ2v) is 9.94.